The van der Waals surface area contributed by atoms with Gasteiger partial charge in [0.05, 0.1) is 13.7 Å². The zero-order chi connectivity index (χ0) is 20.8. The lowest BCUT2D eigenvalue weighted by atomic mass is 10.1. The summed E-state index contributed by atoms with van der Waals surface area (Å²) in [6, 6.07) is 12.5. The summed E-state index contributed by atoms with van der Waals surface area (Å²) in [6.07, 6.45) is 0.676. The maximum Gasteiger partial charge on any atom is 0.254 e. The molecule has 3 aromatic rings. The fourth-order valence-electron chi connectivity index (χ4n) is 2.65. The second-order valence-corrected chi connectivity index (χ2v) is 6.84. The second-order valence-electron chi connectivity index (χ2n) is 6.40. The fourth-order valence-corrected chi connectivity index (χ4v) is 2.78. The molecule has 29 heavy (non-hydrogen) atoms. The third kappa shape index (κ3) is 5.26. The Hall–Kier alpha value is -3.06. The van der Waals surface area contributed by atoms with E-state index >= 15 is 0 Å². The Morgan fingerprint density at radius 2 is 1.93 bits per heavy atom. The first-order valence-electron chi connectivity index (χ1n) is 9.12. The Labute approximate surface area is 174 Å². The molecule has 0 aliphatic rings. The first-order valence-corrected chi connectivity index (χ1v) is 9.50. The van der Waals surface area contributed by atoms with E-state index in [0.29, 0.717) is 46.8 Å². The molecule has 1 heterocycles. The molecule has 0 aliphatic heterocycles. The number of amides is 1. The molecule has 0 N–H and O–H groups in total. The van der Waals surface area contributed by atoms with Gasteiger partial charge in [0.25, 0.3) is 5.91 Å². The van der Waals surface area contributed by atoms with Crippen molar-refractivity contribution >= 4 is 17.5 Å². The quantitative estimate of drug-likeness (QED) is 0.550. The van der Waals surface area contributed by atoms with E-state index < -0.39 is 0 Å². The monoisotopic (exact) mass is 415 g/mol. The van der Waals surface area contributed by atoms with E-state index in [1.165, 1.54) is 12.0 Å². The molecule has 0 spiro atoms. The number of methoxy groups -OCH3 is 1. The number of aromatic nitrogens is 2. The van der Waals surface area contributed by atoms with Crippen LogP contribution in [0.4, 0.5) is 0 Å². The Balaban J connectivity index is 1.67. The van der Waals surface area contributed by atoms with Gasteiger partial charge in [0.15, 0.2) is 17.3 Å². The minimum Gasteiger partial charge on any atom is -0.493 e. The van der Waals surface area contributed by atoms with Crippen LogP contribution in [0.15, 0.2) is 47.0 Å². The molecule has 7 nitrogen and oxygen atoms in total. The Bertz CT molecular complexity index is 972. The smallest absolute Gasteiger partial charge is 0.254 e. The molecular formula is C21H22ClN3O4. The van der Waals surface area contributed by atoms with Crippen molar-refractivity contribution in [1.29, 1.82) is 0 Å². The summed E-state index contributed by atoms with van der Waals surface area (Å²) in [6.45, 7) is 2.52. The predicted octanol–water partition coefficient (Wildman–Crippen LogP) is 4.15. The Morgan fingerprint density at radius 1 is 1.17 bits per heavy atom. The summed E-state index contributed by atoms with van der Waals surface area (Å²) in [5, 5.41) is 4.51. The third-order valence-electron chi connectivity index (χ3n) is 4.26. The van der Waals surface area contributed by atoms with E-state index in [-0.39, 0.29) is 12.5 Å². The lowest BCUT2D eigenvalue weighted by Crippen LogP contribution is -2.26. The van der Waals surface area contributed by atoms with E-state index in [0.717, 1.165) is 5.56 Å². The normalized spacial score (nSPS) is 10.6. The molecule has 0 unspecified atom stereocenters. The zero-order valence-electron chi connectivity index (χ0n) is 16.5. The highest BCUT2D eigenvalue weighted by atomic mass is 35.5. The van der Waals surface area contributed by atoms with Crippen molar-refractivity contribution in [3.63, 3.8) is 0 Å². The zero-order valence-corrected chi connectivity index (χ0v) is 17.3. The van der Waals surface area contributed by atoms with E-state index in [4.69, 9.17) is 25.6 Å². The van der Waals surface area contributed by atoms with Gasteiger partial charge in [-0.2, -0.15) is 4.98 Å². The average Bonchev–Trinajstić information content (AvgIpc) is 3.20. The lowest BCUT2D eigenvalue weighted by molar-refractivity contribution is 0.0769. The van der Waals surface area contributed by atoms with Crippen LogP contribution in [0.25, 0.3) is 0 Å². The van der Waals surface area contributed by atoms with Gasteiger partial charge in [0.2, 0.25) is 5.89 Å². The Morgan fingerprint density at radius 3 is 2.59 bits per heavy atom. The number of ether oxygens (including phenoxy) is 2. The molecule has 152 valence electrons. The average molecular weight is 416 g/mol. The van der Waals surface area contributed by atoms with E-state index in [9.17, 15) is 4.79 Å². The van der Waals surface area contributed by atoms with Gasteiger partial charge in [0, 0.05) is 24.1 Å². The lowest BCUT2D eigenvalue weighted by Gasteiger charge is -2.16. The molecular weight excluding hydrogens is 394 g/mol. The maximum atomic E-state index is 12.7. The summed E-state index contributed by atoms with van der Waals surface area (Å²) < 4.78 is 16.4. The van der Waals surface area contributed by atoms with Crippen LogP contribution < -0.4 is 9.47 Å². The summed E-state index contributed by atoms with van der Waals surface area (Å²) in [5.74, 6) is 1.84. The number of halogens is 1. The van der Waals surface area contributed by atoms with Crippen LogP contribution in [-0.4, -0.2) is 35.1 Å². The number of aryl methyl sites for hydroxylation is 1. The van der Waals surface area contributed by atoms with Crippen LogP contribution in [0, 0.1) is 0 Å². The summed E-state index contributed by atoms with van der Waals surface area (Å²) >= 11 is 5.90. The molecule has 0 atom stereocenters. The van der Waals surface area contributed by atoms with E-state index in [1.807, 2.05) is 31.2 Å². The van der Waals surface area contributed by atoms with Gasteiger partial charge in [-0.15, -0.1) is 0 Å². The molecule has 1 amide bonds. The van der Waals surface area contributed by atoms with Gasteiger partial charge in [-0.05, 0) is 35.9 Å². The molecule has 0 saturated heterocycles. The molecule has 3 rings (SSSR count). The molecule has 8 heteroatoms. The van der Waals surface area contributed by atoms with Gasteiger partial charge >= 0.3 is 0 Å². The number of rotatable bonds is 8. The number of benzene rings is 2. The van der Waals surface area contributed by atoms with Crippen molar-refractivity contribution < 1.29 is 18.8 Å². The standard InChI is InChI=1S/C21H22ClN3O4/c1-4-19-23-20(29-24-19)12-25(2)21(26)15-7-10-17(18(11-15)27-3)28-13-14-5-8-16(22)9-6-14/h5-11H,4,12-13H2,1-3H3. The van der Waals surface area contributed by atoms with Crippen molar-refractivity contribution in [2.45, 2.75) is 26.5 Å². The largest absolute Gasteiger partial charge is 0.493 e. The topological polar surface area (TPSA) is 77.7 Å². The van der Waals surface area contributed by atoms with E-state index in [2.05, 4.69) is 10.1 Å². The van der Waals surface area contributed by atoms with Gasteiger partial charge in [-0.3, -0.25) is 4.79 Å². The van der Waals surface area contributed by atoms with Crippen LogP contribution in [-0.2, 0) is 19.6 Å². The fraction of sp³-hybridized carbons (Fsp3) is 0.286. The van der Waals surface area contributed by atoms with Crippen molar-refractivity contribution in [1.82, 2.24) is 15.0 Å². The van der Waals surface area contributed by atoms with Gasteiger partial charge in [-0.25, -0.2) is 0 Å². The van der Waals surface area contributed by atoms with Crippen molar-refractivity contribution in [3.8, 4) is 11.5 Å². The van der Waals surface area contributed by atoms with Crippen LogP contribution in [0.5, 0.6) is 11.5 Å². The number of carbonyl (C=O) groups is 1. The van der Waals surface area contributed by atoms with Gasteiger partial charge in [-0.1, -0.05) is 35.8 Å². The van der Waals surface area contributed by atoms with E-state index in [1.54, 1.807) is 25.2 Å². The maximum absolute atomic E-state index is 12.7. The molecule has 0 aliphatic carbocycles. The first kappa shape index (κ1) is 20.7. The number of carbonyl (C=O) groups excluding carboxylic acids is 1. The third-order valence-corrected chi connectivity index (χ3v) is 4.52. The SMILES string of the molecule is CCc1noc(CN(C)C(=O)c2ccc(OCc3ccc(Cl)cc3)c(OC)c2)n1. The highest BCUT2D eigenvalue weighted by Crippen LogP contribution is 2.29. The van der Waals surface area contributed by atoms with Crippen LogP contribution in [0.1, 0.15) is 34.6 Å². The van der Waals surface area contributed by atoms with Crippen molar-refractivity contribution in [2.75, 3.05) is 14.2 Å². The molecule has 1 aromatic heterocycles. The Kier molecular flexibility index (Phi) is 6.72. The molecule has 0 fully saturated rings. The van der Waals surface area contributed by atoms with Crippen molar-refractivity contribution in [2.24, 2.45) is 0 Å². The molecule has 2 aromatic carbocycles. The predicted molar refractivity (Wildman–Crippen MR) is 108 cm³/mol. The van der Waals surface area contributed by atoms with Gasteiger partial charge in [0.1, 0.15) is 6.61 Å². The minimum atomic E-state index is -0.191. The number of hydrogen-bond donors (Lipinski definition) is 0. The molecule has 0 saturated carbocycles. The number of nitrogens with zero attached hydrogens (tertiary/aromatic N) is 3. The van der Waals surface area contributed by atoms with Crippen LogP contribution >= 0.6 is 11.6 Å². The van der Waals surface area contributed by atoms with Crippen LogP contribution in [0.2, 0.25) is 5.02 Å². The highest BCUT2D eigenvalue weighted by molar-refractivity contribution is 6.30. The highest BCUT2D eigenvalue weighted by Gasteiger charge is 2.17. The molecule has 0 bridgehead atoms. The first-order chi connectivity index (χ1) is 14.0. The summed E-state index contributed by atoms with van der Waals surface area (Å²) in [4.78, 5) is 18.5. The van der Waals surface area contributed by atoms with Crippen LogP contribution in [0.3, 0.4) is 0 Å². The number of hydrogen-bond acceptors (Lipinski definition) is 6. The van der Waals surface area contributed by atoms with Crippen molar-refractivity contribution in [3.05, 3.63) is 70.3 Å². The summed E-state index contributed by atoms with van der Waals surface area (Å²) in [5.41, 5.74) is 1.45. The summed E-state index contributed by atoms with van der Waals surface area (Å²) in [7, 11) is 3.21. The molecule has 0 radical (unpaired) electrons. The minimum absolute atomic E-state index is 0.191. The van der Waals surface area contributed by atoms with Gasteiger partial charge < -0.3 is 18.9 Å². The second kappa shape index (κ2) is 9.43.